The number of benzene rings is 2. The maximum Gasteiger partial charge on any atom is 0.187 e. The van der Waals surface area contributed by atoms with Crippen molar-refractivity contribution in [3.63, 3.8) is 0 Å². The van der Waals surface area contributed by atoms with Crippen LogP contribution >= 0.6 is 31.9 Å². The first-order valence-electron chi connectivity index (χ1n) is 4.43. The molecule has 0 saturated heterocycles. The first kappa shape index (κ1) is 16.7. The fraction of sp³-hybridized carbons (Fsp3) is 0. The van der Waals surface area contributed by atoms with Gasteiger partial charge in [-0.1, -0.05) is 31.9 Å². The van der Waals surface area contributed by atoms with Crippen molar-refractivity contribution >= 4 is 49.2 Å². The third kappa shape index (κ3) is 5.24. The van der Waals surface area contributed by atoms with Gasteiger partial charge in [-0.15, -0.1) is 0 Å². The molecule has 0 atom stereocenters. The quantitative estimate of drug-likeness (QED) is 0.744. The van der Waals surface area contributed by atoms with Crippen LogP contribution < -0.4 is 4.74 Å². The minimum Gasteiger partial charge on any atom is -0.457 e. The monoisotopic (exact) mass is 374 g/mol. The number of halogens is 2. The van der Waals surface area contributed by atoms with Crippen LogP contribution in [0.5, 0.6) is 11.5 Å². The molecule has 2 N–H and O–H groups in total. The molecule has 2 rings (SSSR count). The summed E-state index contributed by atoms with van der Waals surface area (Å²) in [4.78, 5) is 0. The summed E-state index contributed by atoms with van der Waals surface area (Å²) in [5.41, 5.74) is 0. The Morgan fingerprint density at radius 1 is 0.647 bits per heavy atom. The predicted octanol–water partition coefficient (Wildman–Crippen LogP) is 3.00. The Kier molecular flexibility index (Phi) is 7.77. The maximum absolute atomic E-state index is 5.65. The van der Waals surface area contributed by atoms with E-state index in [0.717, 1.165) is 20.4 Å². The Balaban J connectivity index is 0.00000128. The lowest BCUT2D eigenvalue weighted by atomic mass is 10.3. The van der Waals surface area contributed by atoms with E-state index < -0.39 is 0 Å². The number of hydrogen-bond donors (Lipinski definition) is 0. The van der Waals surface area contributed by atoms with E-state index in [1.54, 1.807) is 0 Å². The molecule has 0 radical (unpaired) electrons. The second-order valence-corrected chi connectivity index (χ2v) is 4.84. The summed E-state index contributed by atoms with van der Waals surface area (Å²) in [6.45, 7) is 0. The Bertz CT molecular complexity index is 400. The largest absolute Gasteiger partial charge is 0.457 e. The molecule has 0 amide bonds. The molecule has 17 heavy (non-hydrogen) atoms. The highest BCUT2D eigenvalue weighted by Crippen LogP contribution is 2.24. The van der Waals surface area contributed by atoms with E-state index in [1.807, 2.05) is 48.5 Å². The third-order valence-electron chi connectivity index (χ3n) is 1.86. The van der Waals surface area contributed by atoms with Crippen LogP contribution in [0.25, 0.3) is 0 Å². The predicted molar refractivity (Wildman–Crippen MR) is 81.9 cm³/mol. The van der Waals surface area contributed by atoms with Crippen LogP contribution in [0.1, 0.15) is 0 Å². The van der Waals surface area contributed by atoms with E-state index in [9.17, 15) is 0 Å². The molecule has 90 valence electrons. The van der Waals surface area contributed by atoms with Gasteiger partial charge >= 0.3 is 0 Å². The Labute approximate surface area is 128 Å². The lowest BCUT2D eigenvalue weighted by Crippen LogP contribution is -1.82. The topological polar surface area (TPSA) is 40.7 Å². The minimum absolute atomic E-state index is 0. The van der Waals surface area contributed by atoms with Crippen LogP contribution in [0, 0.1) is 0 Å². The molecular weight excluding hydrogens is 363 g/mol. The van der Waals surface area contributed by atoms with E-state index >= 15 is 0 Å². The molecule has 5 heteroatoms. The van der Waals surface area contributed by atoms with Gasteiger partial charge in [-0.25, -0.2) is 0 Å². The smallest absolute Gasteiger partial charge is 0.187 e. The summed E-state index contributed by atoms with van der Waals surface area (Å²) in [5.74, 6) is 1.67. The van der Waals surface area contributed by atoms with Gasteiger partial charge in [-0.2, -0.15) is 0 Å². The Morgan fingerprint density at radius 2 is 0.941 bits per heavy atom. The van der Waals surface area contributed by atoms with Gasteiger partial charge in [-0.3, -0.25) is 0 Å². The Morgan fingerprint density at radius 3 is 1.24 bits per heavy atom. The van der Waals surface area contributed by atoms with E-state index in [-0.39, 0.29) is 22.8 Å². The molecule has 0 aliphatic carbocycles. The molecule has 0 heterocycles. The van der Waals surface area contributed by atoms with Crippen molar-refractivity contribution in [3.05, 3.63) is 57.5 Å². The first-order chi connectivity index (χ1) is 7.24. The van der Waals surface area contributed by atoms with E-state index in [0.29, 0.717) is 0 Å². The van der Waals surface area contributed by atoms with Gasteiger partial charge in [0, 0.05) is 8.95 Å². The van der Waals surface area contributed by atoms with E-state index in [4.69, 9.17) is 4.74 Å². The molecule has 0 unspecified atom stereocenters. The zero-order valence-corrected chi connectivity index (χ0v) is 11.5. The van der Waals surface area contributed by atoms with Crippen LogP contribution in [0.4, 0.5) is 0 Å². The van der Waals surface area contributed by atoms with Crippen LogP contribution in [-0.2, 0) is 0 Å². The van der Waals surface area contributed by atoms with Crippen molar-refractivity contribution in [1.82, 2.24) is 0 Å². The third-order valence-corrected chi connectivity index (χ3v) is 2.92. The first-order valence-corrected chi connectivity index (χ1v) is 6.01. The van der Waals surface area contributed by atoms with Gasteiger partial charge in [0.2, 0.25) is 0 Å². The summed E-state index contributed by atoms with van der Waals surface area (Å²) in [6, 6.07) is 15.5. The molecule has 0 aliphatic rings. The molecule has 0 bridgehead atoms. The summed E-state index contributed by atoms with van der Waals surface area (Å²) in [7, 11) is 0. The van der Waals surface area contributed by atoms with E-state index in [2.05, 4.69) is 31.9 Å². The number of ether oxygens (including phenoxy) is 1. The average molecular weight is 376 g/mol. The SMILES string of the molecule is Brc1ccc(Oc2ccc(Br)cc2)cc1.O.[AlH3]. The second kappa shape index (κ2) is 7.91. The van der Waals surface area contributed by atoms with Crippen molar-refractivity contribution in [3.8, 4) is 11.5 Å². The highest BCUT2D eigenvalue weighted by Gasteiger charge is 1.96. The lowest BCUT2D eigenvalue weighted by Gasteiger charge is -2.05. The highest BCUT2D eigenvalue weighted by molar-refractivity contribution is 9.10. The Hall–Kier alpha value is -0.308. The highest BCUT2D eigenvalue weighted by atomic mass is 79.9. The molecular formula is C12H13AlBr2O2. The van der Waals surface area contributed by atoms with Gasteiger partial charge in [0.05, 0.1) is 0 Å². The molecule has 2 aromatic carbocycles. The summed E-state index contributed by atoms with van der Waals surface area (Å²) >= 11 is 6.76. The molecule has 0 spiro atoms. The van der Waals surface area contributed by atoms with Crippen LogP contribution in [0.15, 0.2) is 57.5 Å². The van der Waals surface area contributed by atoms with Crippen LogP contribution in [0.2, 0.25) is 0 Å². The number of rotatable bonds is 2. The zero-order chi connectivity index (χ0) is 10.7. The standard InChI is InChI=1S/C12H8Br2O.Al.H2O.3H/c13-9-1-5-11(6-2-9)15-12-7-3-10(14)4-8-12;;;;;/h1-8H;;1H2;;;. The minimum atomic E-state index is 0. The van der Waals surface area contributed by atoms with Gasteiger partial charge < -0.3 is 10.2 Å². The van der Waals surface area contributed by atoms with Gasteiger partial charge in [0.15, 0.2) is 17.4 Å². The van der Waals surface area contributed by atoms with Crippen molar-refractivity contribution in [2.45, 2.75) is 0 Å². The van der Waals surface area contributed by atoms with Crippen molar-refractivity contribution in [1.29, 1.82) is 0 Å². The van der Waals surface area contributed by atoms with Crippen molar-refractivity contribution in [2.24, 2.45) is 0 Å². The molecule has 0 aliphatic heterocycles. The fourth-order valence-corrected chi connectivity index (χ4v) is 1.67. The fourth-order valence-electron chi connectivity index (χ4n) is 1.14. The van der Waals surface area contributed by atoms with Gasteiger partial charge in [0.1, 0.15) is 11.5 Å². The molecule has 0 fully saturated rings. The van der Waals surface area contributed by atoms with Crippen molar-refractivity contribution in [2.75, 3.05) is 0 Å². The van der Waals surface area contributed by atoms with Gasteiger partial charge in [0.25, 0.3) is 0 Å². The zero-order valence-electron chi connectivity index (χ0n) is 8.28. The molecule has 2 aromatic rings. The summed E-state index contributed by atoms with van der Waals surface area (Å²) in [5, 5.41) is 0. The lowest BCUT2D eigenvalue weighted by molar-refractivity contribution is 0.482. The van der Waals surface area contributed by atoms with Crippen LogP contribution in [0.3, 0.4) is 0 Å². The van der Waals surface area contributed by atoms with Crippen molar-refractivity contribution < 1.29 is 10.2 Å². The number of hydrogen-bond acceptors (Lipinski definition) is 1. The average Bonchev–Trinajstić information content (AvgIpc) is 2.25. The second-order valence-electron chi connectivity index (χ2n) is 3.01. The van der Waals surface area contributed by atoms with Crippen LogP contribution in [-0.4, -0.2) is 22.8 Å². The van der Waals surface area contributed by atoms with E-state index in [1.165, 1.54) is 0 Å². The van der Waals surface area contributed by atoms with Gasteiger partial charge in [-0.05, 0) is 48.5 Å². The molecule has 0 aromatic heterocycles. The summed E-state index contributed by atoms with van der Waals surface area (Å²) in [6.07, 6.45) is 0. The summed E-state index contributed by atoms with van der Waals surface area (Å²) < 4.78 is 7.74. The molecule has 0 saturated carbocycles. The maximum atomic E-state index is 5.65. The molecule has 2 nitrogen and oxygen atoms in total. The normalized spacial score (nSPS) is 8.82.